The van der Waals surface area contributed by atoms with Gasteiger partial charge in [-0.1, -0.05) is 0 Å². The molecule has 3 aromatic rings. The molecule has 0 aliphatic carbocycles. The summed E-state index contributed by atoms with van der Waals surface area (Å²) in [5, 5.41) is 1.72. The van der Waals surface area contributed by atoms with Gasteiger partial charge in [-0.3, -0.25) is 14.6 Å². The summed E-state index contributed by atoms with van der Waals surface area (Å²) in [7, 11) is 0. The predicted molar refractivity (Wildman–Crippen MR) is 90.8 cm³/mol. The van der Waals surface area contributed by atoms with E-state index in [0.29, 0.717) is 29.3 Å². The first kappa shape index (κ1) is 16.1. The van der Waals surface area contributed by atoms with Gasteiger partial charge >= 0.3 is 0 Å². The molecule has 24 heavy (non-hydrogen) atoms. The number of nitrogens with zero attached hydrogens (tertiary/aromatic N) is 2. The topological polar surface area (TPSA) is 63.4 Å². The van der Waals surface area contributed by atoms with Gasteiger partial charge in [0.05, 0.1) is 23.2 Å². The minimum atomic E-state index is -0.132. The molecule has 3 heterocycles. The third-order valence-corrected chi connectivity index (χ3v) is 4.56. The van der Waals surface area contributed by atoms with Gasteiger partial charge in [0.25, 0.3) is 5.91 Å². The number of amides is 1. The van der Waals surface area contributed by atoms with Crippen molar-refractivity contribution >= 4 is 23.0 Å². The quantitative estimate of drug-likeness (QED) is 0.641. The molecule has 0 atom stereocenters. The van der Waals surface area contributed by atoms with Crippen molar-refractivity contribution in [2.24, 2.45) is 0 Å². The van der Waals surface area contributed by atoms with Crippen LogP contribution in [0.1, 0.15) is 38.3 Å². The normalized spacial score (nSPS) is 10.5. The monoisotopic (exact) mass is 340 g/mol. The third kappa shape index (κ3) is 3.78. The van der Waals surface area contributed by atoms with E-state index in [4.69, 9.17) is 4.42 Å². The van der Waals surface area contributed by atoms with Gasteiger partial charge in [0.15, 0.2) is 5.78 Å². The van der Waals surface area contributed by atoms with Crippen molar-refractivity contribution in [2.45, 2.75) is 20.0 Å². The van der Waals surface area contributed by atoms with Crippen molar-refractivity contribution in [1.29, 1.82) is 0 Å². The van der Waals surface area contributed by atoms with Gasteiger partial charge in [0.1, 0.15) is 5.76 Å². The van der Waals surface area contributed by atoms with Crippen molar-refractivity contribution in [3.05, 3.63) is 76.1 Å². The van der Waals surface area contributed by atoms with Crippen LogP contribution in [0.15, 0.2) is 58.8 Å². The van der Waals surface area contributed by atoms with E-state index >= 15 is 0 Å². The van der Waals surface area contributed by atoms with Crippen LogP contribution in [-0.2, 0) is 13.1 Å². The lowest BCUT2D eigenvalue weighted by molar-refractivity contribution is 0.0718. The zero-order valence-corrected chi connectivity index (χ0v) is 14.0. The molecule has 122 valence electrons. The molecule has 0 saturated heterocycles. The largest absolute Gasteiger partial charge is 0.467 e. The molecule has 0 spiro atoms. The second kappa shape index (κ2) is 7.23. The van der Waals surface area contributed by atoms with Crippen molar-refractivity contribution in [3.63, 3.8) is 0 Å². The van der Waals surface area contributed by atoms with E-state index in [-0.39, 0.29) is 11.7 Å². The number of furan rings is 1. The molecule has 0 N–H and O–H groups in total. The third-order valence-electron chi connectivity index (χ3n) is 3.53. The number of hydrogen-bond acceptors (Lipinski definition) is 5. The van der Waals surface area contributed by atoms with Gasteiger partial charge in [-0.25, -0.2) is 0 Å². The van der Waals surface area contributed by atoms with Crippen molar-refractivity contribution in [3.8, 4) is 0 Å². The average Bonchev–Trinajstić information content (AvgIpc) is 3.26. The lowest BCUT2D eigenvalue weighted by Gasteiger charge is -2.21. The number of pyridine rings is 1. The maximum atomic E-state index is 12.9. The Balaban J connectivity index is 1.84. The Hall–Kier alpha value is -2.73. The minimum Gasteiger partial charge on any atom is -0.467 e. The van der Waals surface area contributed by atoms with E-state index in [1.54, 1.807) is 41.1 Å². The first-order valence-corrected chi connectivity index (χ1v) is 8.31. The summed E-state index contributed by atoms with van der Waals surface area (Å²) < 4.78 is 5.37. The van der Waals surface area contributed by atoms with Crippen LogP contribution >= 0.6 is 11.3 Å². The zero-order chi connectivity index (χ0) is 16.9. The average molecular weight is 340 g/mol. The highest BCUT2D eigenvalue weighted by Gasteiger charge is 2.20. The van der Waals surface area contributed by atoms with E-state index < -0.39 is 0 Å². The van der Waals surface area contributed by atoms with Gasteiger partial charge in [0, 0.05) is 24.3 Å². The number of carbonyl (C=O) groups excluding carboxylic acids is 2. The van der Waals surface area contributed by atoms with Crippen molar-refractivity contribution < 1.29 is 14.0 Å². The Bertz CT molecular complexity index is 825. The first-order valence-electron chi connectivity index (χ1n) is 7.43. The van der Waals surface area contributed by atoms with Gasteiger partial charge in [-0.2, -0.15) is 0 Å². The van der Waals surface area contributed by atoms with Crippen LogP contribution < -0.4 is 0 Å². The fourth-order valence-electron chi connectivity index (χ4n) is 2.31. The fourth-order valence-corrected chi connectivity index (χ4v) is 3.10. The number of thiophene rings is 1. The van der Waals surface area contributed by atoms with E-state index in [2.05, 4.69) is 4.98 Å². The standard InChI is InChI=1S/C18H16N2O3S/c1-13(21)17-9-15(12-24-17)18(22)20(11-16-3-2-8-23-16)10-14-4-6-19-7-5-14/h2-9,12H,10-11H2,1H3. The number of aromatic nitrogens is 1. The molecule has 0 aliphatic rings. The summed E-state index contributed by atoms with van der Waals surface area (Å²) in [6.07, 6.45) is 4.98. The number of rotatable bonds is 6. The predicted octanol–water partition coefficient (Wildman–Crippen LogP) is 3.78. The molecule has 0 bridgehead atoms. The molecule has 3 aromatic heterocycles. The maximum absolute atomic E-state index is 12.9. The SMILES string of the molecule is CC(=O)c1cc(C(=O)N(Cc2ccncc2)Cc2ccco2)cs1. The van der Waals surface area contributed by atoms with E-state index in [1.807, 2.05) is 18.2 Å². The lowest BCUT2D eigenvalue weighted by Crippen LogP contribution is -2.29. The van der Waals surface area contributed by atoms with Crippen LogP contribution in [0.2, 0.25) is 0 Å². The Kier molecular flexibility index (Phi) is 4.86. The van der Waals surface area contributed by atoms with E-state index in [0.717, 1.165) is 5.56 Å². The Morgan fingerprint density at radius 1 is 1.21 bits per heavy atom. The second-order valence-corrected chi connectivity index (χ2v) is 6.26. The fraction of sp³-hybridized carbons (Fsp3) is 0.167. The summed E-state index contributed by atoms with van der Waals surface area (Å²) in [5.41, 5.74) is 1.50. The number of carbonyl (C=O) groups is 2. The summed E-state index contributed by atoms with van der Waals surface area (Å²) in [6, 6.07) is 9.02. The lowest BCUT2D eigenvalue weighted by atomic mass is 10.2. The smallest absolute Gasteiger partial charge is 0.255 e. The van der Waals surface area contributed by atoms with Crippen LogP contribution in [-0.4, -0.2) is 21.6 Å². The summed E-state index contributed by atoms with van der Waals surface area (Å²) in [5.74, 6) is 0.539. The minimum absolute atomic E-state index is 0.0363. The molecular formula is C18H16N2O3S. The Morgan fingerprint density at radius 2 is 2.00 bits per heavy atom. The molecule has 0 aromatic carbocycles. The molecule has 0 aliphatic heterocycles. The van der Waals surface area contributed by atoms with Gasteiger partial charge < -0.3 is 9.32 Å². The maximum Gasteiger partial charge on any atom is 0.255 e. The first-order chi connectivity index (χ1) is 11.6. The van der Waals surface area contributed by atoms with Crippen molar-refractivity contribution in [2.75, 3.05) is 0 Å². The summed E-state index contributed by atoms with van der Waals surface area (Å²) >= 11 is 1.29. The summed E-state index contributed by atoms with van der Waals surface area (Å²) in [6.45, 7) is 2.30. The van der Waals surface area contributed by atoms with Crippen molar-refractivity contribution in [1.82, 2.24) is 9.88 Å². The van der Waals surface area contributed by atoms with Crippen LogP contribution in [0.3, 0.4) is 0 Å². The second-order valence-electron chi connectivity index (χ2n) is 5.35. The molecule has 3 rings (SSSR count). The highest BCUT2D eigenvalue weighted by molar-refractivity contribution is 7.12. The van der Waals surface area contributed by atoms with Gasteiger partial charge in [-0.15, -0.1) is 11.3 Å². The van der Waals surface area contributed by atoms with Crippen LogP contribution in [0.25, 0.3) is 0 Å². The molecule has 0 fully saturated rings. The van der Waals surface area contributed by atoms with Crippen LogP contribution in [0.5, 0.6) is 0 Å². The number of ketones is 1. The Labute approximate surface area is 143 Å². The summed E-state index contributed by atoms with van der Waals surface area (Å²) in [4.78, 5) is 30.6. The molecule has 6 heteroatoms. The van der Waals surface area contributed by atoms with Gasteiger partial charge in [-0.05, 0) is 42.8 Å². The van der Waals surface area contributed by atoms with Crippen LogP contribution in [0.4, 0.5) is 0 Å². The molecule has 0 saturated carbocycles. The van der Waals surface area contributed by atoms with Crippen LogP contribution in [0, 0.1) is 0 Å². The molecular weight excluding hydrogens is 324 g/mol. The highest BCUT2D eigenvalue weighted by atomic mass is 32.1. The molecule has 5 nitrogen and oxygen atoms in total. The number of Topliss-reactive ketones (excluding diaryl/α,β-unsaturated/α-hetero) is 1. The highest BCUT2D eigenvalue weighted by Crippen LogP contribution is 2.20. The molecule has 1 amide bonds. The molecule has 0 radical (unpaired) electrons. The number of hydrogen-bond donors (Lipinski definition) is 0. The zero-order valence-electron chi connectivity index (χ0n) is 13.1. The van der Waals surface area contributed by atoms with E-state index in [9.17, 15) is 9.59 Å². The van der Waals surface area contributed by atoms with Gasteiger partial charge in [0.2, 0.25) is 0 Å². The van der Waals surface area contributed by atoms with E-state index in [1.165, 1.54) is 18.3 Å². The Morgan fingerprint density at radius 3 is 2.62 bits per heavy atom. The molecule has 0 unspecified atom stereocenters.